The van der Waals surface area contributed by atoms with Gasteiger partial charge in [0, 0.05) is 30.1 Å². The number of esters is 1. The van der Waals surface area contributed by atoms with Gasteiger partial charge in [0.25, 0.3) is 5.56 Å². The third-order valence-electron chi connectivity index (χ3n) is 5.86. The first-order valence-corrected chi connectivity index (χ1v) is 12.1. The van der Waals surface area contributed by atoms with Crippen molar-refractivity contribution in [3.8, 4) is 23.0 Å². The zero-order valence-corrected chi connectivity index (χ0v) is 21.0. The summed E-state index contributed by atoms with van der Waals surface area (Å²) in [5.41, 5.74) is 0.675. The summed E-state index contributed by atoms with van der Waals surface area (Å²) < 4.78 is 6.48. The van der Waals surface area contributed by atoms with Crippen LogP contribution in [0.1, 0.15) is 67.9 Å². The number of amides is 1. The molecule has 2 aromatic rings. The maximum Gasteiger partial charge on any atom is 0.350 e. The van der Waals surface area contributed by atoms with Crippen molar-refractivity contribution >= 4 is 28.9 Å². The molecule has 2 heterocycles. The quantitative estimate of drug-likeness (QED) is 0.502. The Labute approximate surface area is 199 Å². The Bertz CT molecular complexity index is 1170. The lowest BCUT2D eigenvalue weighted by Gasteiger charge is -2.25. The van der Waals surface area contributed by atoms with Gasteiger partial charge in [0.1, 0.15) is 4.88 Å². The number of aromatic nitrogens is 1. The topological polar surface area (TPSA) is 77.4 Å². The molecule has 1 fully saturated rings. The number of hydrogen-bond acceptors (Lipinski definition) is 5. The summed E-state index contributed by atoms with van der Waals surface area (Å²) >= 11 is 1.15. The van der Waals surface area contributed by atoms with Crippen molar-refractivity contribution in [3.63, 3.8) is 0 Å². The van der Waals surface area contributed by atoms with Gasteiger partial charge < -0.3 is 14.6 Å². The minimum Gasteiger partial charge on any atom is -0.465 e. The van der Waals surface area contributed by atoms with Crippen LogP contribution in [0.25, 0.3) is 11.1 Å². The monoisotopic (exact) mass is 468 g/mol. The molecule has 33 heavy (non-hydrogen) atoms. The normalized spacial score (nSPS) is 18.2. The van der Waals surface area contributed by atoms with Crippen LogP contribution in [0.5, 0.6) is 0 Å². The zero-order chi connectivity index (χ0) is 24.3. The fraction of sp³-hybridized carbons (Fsp3) is 0.500. The number of nitrogens with zero attached hydrogens (tertiary/aromatic N) is 1. The highest BCUT2D eigenvalue weighted by atomic mass is 32.1. The number of rotatable bonds is 4. The van der Waals surface area contributed by atoms with Crippen LogP contribution in [0.15, 0.2) is 23.1 Å². The van der Waals surface area contributed by atoms with Gasteiger partial charge in [-0.15, -0.1) is 11.3 Å². The molecule has 6 nitrogen and oxygen atoms in total. The first-order chi connectivity index (χ1) is 15.5. The smallest absolute Gasteiger partial charge is 0.350 e. The number of anilines is 1. The molecule has 0 unspecified atom stereocenters. The van der Waals surface area contributed by atoms with Crippen molar-refractivity contribution < 1.29 is 14.3 Å². The van der Waals surface area contributed by atoms with E-state index in [-0.39, 0.29) is 27.7 Å². The number of methoxy groups -OCH3 is 1. The summed E-state index contributed by atoms with van der Waals surface area (Å²) in [6.45, 7) is 8.17. The molecule has 0 spiro atoms. The minimum absolute atomic E-state index is 0.123. The second kappa shape index (κ2) is 9.96. The van der Waals surface area contributed by atoms with Crippen molar-refractivity contribution in [2.24, 2.45) is 24.3 Å². The molecule has 1 aliphatic rings. The number of nitrogens with one attached hydrogen (secondary N) is 1. The van der Waals surface area contributed by atoms with E-state index in [2.05, 4.69) is 24.1 Å². The van der Waals surface area contributed by atoms with E-state index in [4.69, 9.17) is 4.74 Å². The maximum atomic E-state index is 13.2. The van der Waals surface area contributed by atoms with E-state index in [0.29, 0.717) is 27.6 Å². The highest BCUT2D eigenvalue weighted by Crippen LogP contribution is 2.41. The standard InChI is InChI=1S/C26H32N2O4S/c1-16-9-11-17(12-10-16)23(29)27-21-20(18-8-7-15-28(5)24(18)30)19(13-14-26(2,3)4)33-22(21)25(31)32-6/h7-8,15-17H,9-12H2,1-6H3,(H,27,29). The molecule has 0 aliphatic heterocycles. The Hall–Kier alpha value is -2.85. The van der Waals surface area contributed by atoms with Crippen LogP contribution in [0.3, 0.4) is 0 Å². The molecule has 0 aromatic carbocycles. The number of thiophene rings is 1. The molecule has 0 bridgehead atoms. The molecular weight excluding hydrogens is 436 g/mol. The van der Waals surface area contributed by atoms with Gasteiger partial charge in [-0.25, -0.2) is 4.79 Å². The van der Waals surface area contributed by atoms with Crippen LogP contribution in [0.2, 0.25) is 0 Å². The molecule has 1 saturated carbocycles. The lowest BCUT2D eigenvalue weighted by molar-refractivity contribution is -0.121. The fourth-order valence-corrected chi connectivity index (χ4v) is 4.95. The van der Waals surface area contributed by atoms with Crippen LogP contribution in [-0.4, -0.2) is 23.6 Å². The summed E-state index contributed by atoms with van der Waals surface area (Å²) in [4.78, 5) is 39.8. The highest BCUT2D eigenvalue weighted by Gasteiger charge is 2.30. The third-order valence-corrected chi connectivity index (χ3v) is 6.94. The first kappa shape index (κ1) is 24.8. The molecule has 7 heteroatoms. The predicted octanol–water partition coefficient (Wildman–Crippen LogP) is 5.06. The summed E-state index contributed by atoms with van der Waals surface area (Å²) in [7, 11) is 2.97. The van der Waals surface area contributed by atoms with Gasteiger partial charge in [0.05, 0.1) is 23.2 Å². The molecule has 176 valence electrons. The Morgan fingerprint density at radius 2 is 1.88 bits per heavy atom. The number of hydrogen-bond donors (Lipinski definition) is 1. The highest BCUT2D eigenvalue weighted by molar-refractivity contribution is 7.15. The molecular formula is C26H32N2O4S. The summed E-state index contributed by atoms with van der Waals surface area (Å²) in [6, 6.07) is 3.47. The molecule has 0 saturated heterocycles. The van der Waals surface area contributed by atoms with E-state index in [1.807, 2.05) is 20.8 Å². The zero-order valence-electron chi connectivity index (χ0n) is 20.2. The molecule has 1 aliphatic carbocycles. The van der Waals surface area contributed by atoms with Crippen LogP contribution in [0, 0.1) is 29.1 Å². The summed E-state index contributed by atoms with van der Waals surface area (Å²) in [5, 5.41) is 3.00. The fourth-order valence-electron chi connectivity index (χ4n) is 3.91. The maximum absolute atomic E-state index is 13.2. The van der Waals surface area contributed by atoms with Gasteiger partial charge in [0.2, 0.25) is 5.91 Å². The molecule has 2 aromatic heterocycles. The van der Waals surface area contributed by atoms with E-state index < -0.39 is 5.97 Å². The molecule has 3 rings (SSSR count). The number of carbonyl (C=O) groups excluding carboxylic acids is 2. The van der Waals surface area contributed by atoms with Crippen molar-refractivity contribution in [1.82, 2.24) is 4.57 Å². The Kier molecular flexibility index (Phi) is 7.48. The average Bonchev–Trinajstić information content (AvgIpc) is 3.11. The number of pyridine rings is 1. The van der Waals surface area contributed by atoms with Gasteiger partial charge in [-0.1, -0.05) is 18.8 Å². The largest absolute Gasteiger partial charge is 0.465 e. The van der Waals surface area contributed by atoms with E-state index in [1.54, 1.807) is 25.4 Å². The average molecular weight is 469 g/mol. The third kappa shape index (κ3) is 5.75. The molecule has 0 atom stereocenters. The number of aryl methyl sites for hydroxylation is 1. The Morgan fingerprint density at radius 3 is 2.48 bits per heavy atom. The lowest BCUT2D eigenvalue weighted by atomic mass is 9.82. The van der Waals surface area contributed by atoms with Gasteiger partial charge in [-0.2, -0.15) is 0 Å². The molecule has 1 N–H and O–H groups in total. The van der Waals surface area contributed by atoms with Crippen LogP contribution < -0.4 is 10.9 Å². The lowest BCUT2D eigenvalue weighted by Crippen LogP contribution is -2.27. The van der Waals surface area contributed by atoms with Crippen molar-refractivity contribution in [3.05, 3.63) is 38.4 Å². The first-order valence-electron chi connectivity index (χ1n) is 11.3. The van der Waals surface area contributed by atoms with Gasteiger partial charge in [-0.3, -0.25) is 9.59 Å². The van der Waals surface area contributed by atoms with Gasteiger partial charge in [0.15, 0.2) is 0 Å². The number of ether oxygens (including phenoxy) is 1. The van der Waals surface area contributed by atoms with Crippen LogP contribution in [-0.2, 0) is 16.6 Å². The second-order valence-corrected chi connectivity index (χ2v) is 10.8. The summed E-state index contributed by atoms with van der Waals surface area (Å²) in [6.07, 6.45) is 5.29. The van der Waals surface area contributed by atoms with Crippen molar-refractivity contribution in [2.75, 3.05) is 12.4 Å². The molecule has 1 amide bonds. The number of carbonyl (C=O) groups is 2. The predicted molar refractivity (Wildman–Crippen MR) is 132 cm³/mol. The Morgan fingerprint density at radius 1 is 1.21 bits per heavy atom. The summed E-state index contributed by atoms with van der Waals surface area (Å²) in [5.74, 6) is 6.14. The van der Waals surface area contributed by atoms with Crippen LogP contribution in [0.4, 0.5) is 5.69 Å². The Balaban J connectivity index is 2.20. The van der Waals surface area contributed by atoms with E-state index in [0.717, 1.165) is 37.0 Å². The molecule has 0 radical (unpaired) electrons. The minimum atomic E-state index is -0.564. The van der Waals surface area contributed by atoms with Gasteiger partial charge >= 0.3 is 5.97 Å². The van der Waals surface area contributed by atoms with Gasteiger partial charge in [-0.05, 0) is 64.5 Å². The van der Waals surface area contributed by atoms with Crippen molar-refractivity contribution in [1.29, 1.82) is 0 Å². The van der Waals surface area contributed by atoms with Crippen molar-refractivity contribution in [2.45, 2.75) is 53.4 Å². The second-order valence-electron chi connectivity index (χ2n) is 9.79. The van der Waals surface area contributed by atoms with E-state index >= 15 is 0 Å². The SMILES string of the molecule is COC(=O)c1sc(C#CC(C)(C)C)c(-c2cccn(C)c2=O)c1NC(=O)C1CCC(C)CC1. The van der Waals surface area contributed by atoms with Crippen LogP contribution >= 0.6 is 11.3 Å². The van der Waals surface area contributed by atoms with E-state index in [9.17, 15) is 14.4 Å². The van der Waals surface area contributed by atoms with E-state index in [1.165, 1.54) is 11.7 Å².